The largest absolute Gasteiger partial charge is 0.497 e. The van der Waals surface area contributed by atoms with Crippen molar-refractivity contribution in [3.8, 4) is 17.0 Å². The molecule has 0 aliphatic carbocycles. The maximum atomic E-state index is 12.9. The molecule has 0 saturated heterocycles. The number of pyridine rings is 1. The number of benzene rings is 2. The highest BCUT2D eigenvalue weighted by Crippen LogP contribution is 2.28. The highest BCUT2D eigenvalue weighted by atomic mass is 16.5. The zero-order valence-electron chi connectivity index (χ0n) is 18.4. The average molecular weight is 414 g/mol. The molecule has 0 unspecified atom stereocenters. The predicted molar refractivity (Wildman–Crippen MR) is 123 cm³/mol. The van der Waals surface area contributed by atoms with Crippen LogP contribution in [0.25, 0.3) is 16.9 Å². The van der Waals surface area contributed by atoms with Crippen LogP contribution in [0.3, 0.4) is 0 Å². The third-order valence-electron chi connectivity index (χ3n) is 5.70. The van der Waals surface area contributed by atoms with E-state index in [0.717, 1.165) is 39.5 Å². The van der Waals surface area contributed by atoms with Crippen LogP contribution in [0.5, 0.6) is 5.75 Å². The summed E-state index contributed by atoms with van der Waals surface area (Å²) in [6.45, 7) is 6.71. The van der Waals surface area contributed by atoms with Crippen molar-refractivity contribution in [2.45, 2.75) is 33.7 Å². The summed E-state index contributed by atoms with van der Waals surface area (Å²) in [7, 11) is 1.64. The van der Waals surface area contributed by atoms with E-state index in [0.29, 0.717) is 6.54 Å². The second-order valence-corrected chi connectivity index (χ2v) is 7.89. The topological polar surface area (TPSA) is 55.6 Å². The summed E-state index contributed by atoms with van der Waals surface area (Å²) < 4.78 is 7.22. The maximum Gasteiger partial charge on any atom is 0.226 e. The number of amides is 1. The number of aromatic nitrogens is 2. The van der Waals surface area contributed by atoms with Crippen LogP contribution in [0.2, 0.25) is 0 Å². The normalized spacial score (nSPS) is 11.0. The molecule has 0 aliphatic heterocycles. The van der Waals surface area contributed by atoms with Gasteiger partial charge in [-0.15, -0.1) is 0 Å². The summed E-state index contributed by atoms with van der Waals surface area (Å²) >= 11 is 0. The van der Waals surface area contributed by atoms with Gasteiger partial charge in [-0.25, -0.2) is 4.98 Å². The third kappa shape index (κ3) is 4.31. The summed E-state index contributed by atoms with van der Waals surface area (Å²) in [5.41, 5.74) is 8.22. The minimum Gasteiger partial charge on any atom is -0.497 e. The Balaban J connectivity index is 1.63. The zero-order valence-corrected chi connectivity index (χ0v) is 18.4. The fraction of sp³-hybridized carbons (Fsp3) is 0.231. The number of methoxy groups -OCH3 is 1. The molecule has 1 N–H and O–H groups in total. The van der Waals surface area contributed by atoms with Gasteiger partial charge < -0.3 is 14.5 Å². The summed E-state index contributed by atoms with van der Waals surface area (Å²) in [6.07, 6.45) is 2.23. The Morgan fingerprint density at radius 1 is 1.00 bits per heavy atom. The monoisotopic (exact) mass is 413 g/mol. The average Bonchev–Trinajstić information content (AvgIpc) is 3.14. The van der Waals surface area contributed by atoms with Crippen molar-refractivity contribution in [2.75, 3.05) is 7.11 Å². The van der Waals surface area contributed by atoms with Crippen LogP contribution >= 0.6 is 0 Å². The van der Waals surface area contributed by atoms with Crippen molar-refractivity contribution >= 4 is 11.6 Å². The number of nitrogens with zero attached hydrogens (tertiary/aromatic N) is 2. The molecule has 4 aromatic rings. The molecular formula is C26H27N3O2. The number of carbonyl (C=O) groups is 1. The number of aryl methyl sites for hydroxylation is 3. The van der Waals surface area contributed by atoms with Gasteiger partial charge in [0.15, 0.2) is 0 Å². The first-order chi connectivity index (χ1) is 15.0. The first-order valence-electron chi connectivity index (χ1n) is 10.4. The van der Waals surface area contributed by atoms with E-state index in [1.807, 2.05) is 53.9 Å². The number of rotatable bonds is 6. The lowest BCUT2D eigenvalue weighted by atomic mass is 10.0. The molecule has 4 rings (SSSR count). The molecule has 0 bridgehead atoms. The highest BCUT2D eigenvalue weighted by Gasteiger charge is 2.18. The van der Waals surface area contributed by atoms with Crippen molar-refractivity contribution in [3.63, 3.8) is 0 Å². The Bertz CT molecular complexity index is 1240. The number of hydrogen-bond acceptors (Lipinski definition) is 3. The lowest BCUT2D eigenvalue weighted by molar-refractivity contribution is -0.120. The fourth-order valence-corrected chi connectivity index (χ4v) is 3.70. The van der Waals surface area contributed by atoms with E-state index >= 15 is 0 Å². The van der Waals surface area contributed by atoms with Crippen molar-refractivity contribution < 1.29 is 9.53 Å². The Morgan fingerprint density at radius 3 is 2.48 bits per heavy atom. The molecule has 1 amide bonds. The number of fused-ring (bicyclic) bond motifs is 1. The van der Waals surface area contributed by atoms with Crippen molar-refractivity contribution in [1.29, 1.82) is 0 Å². The van der Waals surface area contributed by atoms with Gasteiger partial charge in [-0.05, 0) is 67.3 Å². The van der Waals surface area contributed by atoms with Crippen molar-refractivity contribution in [3.05, 3.63) is 88.7 Å². The molecule has 0 fully saturated rings. The van der Waals surface area contributed by atoms with Crippen LogP contribution in [0.1, 0.15) is 27.9 Å². The van der Waals surface area contributed by atoms with Gasteiger partial charge in [0.1, 0.15) is 11.4 Å². The van der Waals surface area contributed by atoms with E-state index in [4.69, 9.17) is 9.72 Å². The van der Waals surface area contributed by atoms with Gasteiger partial charge in [-0.3, -0.25) is 4.79 Å². The summed E-state index contributed by atoms with van der Waals surface area (Å²) in [5.74, 6) is 0.762. The minimum atomic E-state index is -0.0378. The zero-order chi connectivity index (χ0) is 22.0. The van der Waals surface area contributed by atoms with Crippen LogP contribution in [0, 0.1) is 20.8 Å². The lowest BCUT2D eigenvalue weighted by Gasteiger charge is -2.09. The molecule has 0 atom stereocenters. The van der Waals surface area contributed by atoms with E-state index in [-0.39, 0.29) is 12.3 Å². The Labute approximate surface area is 182 Å². The Hall–Kier alpha value is -3.60. The molecular weight excluding hydrogens is 386 g/mol. The maximum absolute atomic E-state index is 12.9. The van der Waals surface area contributed by atoms with Crippen molar-refractivity contribution in [1.82, 2.24) is 14.7 Å². The van der Waals surface area contributed by atoms with E-state index in [9.17, 15) is 4.79 Å². The predicted octanol–water partition coefficient (Wildman–Crippen LogP) is 4.79. The van der Waals surface area contributed by atoms with E-state index < -0.39 is 0 Å². The molecule has 158 valence electrons. The SMILES string of the molecule is COc1ccc(CNC(=O)Cc2c(-c3ccc(C)c(C)c3)nc3c(C)cccn23)cc1. The van der Waals surface area contributed by atoms with Gasteiger partial charge >= 0.3 is 0 Å². The van der Waals surface area contributed by atoms with Crippen LogP contribution in [0.4, 0.5) is 0 Å². The molecule has 2 aromatic heterocycles. The summed E-state index contributed by atoms with van der Waals surface area (Å²) in [5, 5.41) is 3.03. The van der Waals surface area contributed by atoms with Gasteiger partial charge in [-0.2, -0.15) is 0 Å². The van der Waals surface area contributed by atoms with E-state index in [1.54, 1.807) is 7.11 Å². The van der Waals surface area contributed by atoms with Crippen LogP contribution in [0.15, 0.2) is 60.8 Å². The molecule has 5 heteroatoms. The molecule has 2 heterocycles. The third-order valence-corrected chi connectivity index (χ3v) is 5.70. The fourth-order valence-electron chi connectivity index (χ4n) is 3.70. The first-order valence-corrected chi connectivity index (χ1v) is 10.4. The summed E-state index contributed by atoms with van der Waals surface area (Å²) in [4.78, 5) is 17.8. The lowest BCUT2D eigenvalue weighted by Crippen LogP contribution is -2.25. The molecule has 2 aromatic carbocycles. The number of ether oxygens (including phenoxy) is 1. The van der Waals surface area contributed by atoms with E-state index in [1.165, 1.54) is 11.1 Å². The second-order valence-electron chi connectivity index (χ2n) is 7.89. The molecule has 5 nitrogen and oxygen atoms in total. The number of carbonyl (C=O) groups excluding carboxylic acids is 1. The quantitative estimate of drug-likeness (QED) is 0.494. The highest BCUT2D eigenvalue weighted by molar-refractivity contribution is 5.82. The van der Waals surface area contributed by atoms with Gasteiger partial charge in [0.2, 0.25) is 5.91 Å². The van der Waals surface area contributed by atoms with Gasteiger partial charge in [0.05, 0.1) is 24.9 Å². The molecule has 0 radical (unpaired) electrons. The van der Waals surface area contributed by atoms with Crippen LogP contribution < -0.4 is 10.1 Å². The smallest absolute Gasteiger partial charge is 0.226 e. The second kappa shape index (κ2) is 8.64. The molecule has 0 saturated carbocycles. The van der Waals surface area contributed by atoms with E-state index in [2.05, 4.69) is 37.4 Å². The standard InChI is InChI=1S/C26H27N3O2/c1-17-7-10-21(14-19(17)3)25-23(29-13-5-6-18(2)26(29)28-25)15-24(30)27-16-20-8-11-22(31-4)12-9-20/h5-14H,15-16H2,1-4H3,(H,27,30). The number of nitrogens with one attached hydrogen (secondary N) is 1. The summed E-state index contributed by atoms with van der Waals surface area (Å²) in [6, 6.07) is 18.1. The van der Waals surface area contributed by atoms with Gasteiger partial charge in [0.25, 0.3) is 0 Å². The number of imidazole rings is 1. The number of hydrogen-bond donors (Lipinski definition) is 1. The van der Waals surface area contributed by atoms with Crippen LogP contribution in [-0.2, 0) is 17.8 Å². The molecule has 31 heavy (non-hydrogen) atoms. The molecule has 0 spiro atoms. The minimum absolute atomic E-state index is 0.0378. The van der Waals surface area contributed by atoms with Gasteiger partial charge in [0, 0.05) is 18.3 Å². The van der Waals surface area contributed by atoms with Gasteiger partial charge in [-0.1, -0.05) is 30.3 Å². The Kier molecular flexibility index (Phi) is 5.76. The Morgan fingerprint density at radius 2 is 1.77 bits per heavy atom. The first kappa shape index (κ1) is 20.7. The van der Waals surface area contributed by atoms with Crippen LogP contribution in [-0.4, -0.2) is 22.4 Å². The van der Waals surface area contributed by atoms with Crippen molar-refractivity contribution in [2.24, 2.45) is 0 Å². The molecule has 0 aliphatic rings.